The second-order valence-corrected chi connectivity index (χ2v) is 4.40. The zero-order valence-electron chi connectivity index (χ0n) is 11.2. The predicted octanol–water partition coefficient (Wildman–Crippen LogP) is 1.55. The lowest BCUT2D eigenvalue weighted by atomic mass is 10.1. The van der Waals surface area contributed by atoms with Crippen LogP contribution in [0.1, 0.15) is 11.1 Å². The SMILES string of the molecule is CNc1ccc(Cn2cc(C)cnc2=O)cc1[N+](=O)[O-]. The second-order valence-electron chi connectivity index (χ2n) is 4.40. The van der Waals surface area contributed by atoms with Crippen LogP contribution in [0.3, 0.4) is 0 Å². The molecule has 7 nitrogen and oxygen atoms in total. The summed E-state index contributed by atoms with van der Waals surface area (Å²) in [6.45, 7) is 2.08. The first-order valence-electron chi connectivity index (χ1n) is 5.99. The summed E-state index contributed by atoms with van der Waals surface area (Å²) < 4.78 is 1.42. The highest BCUT2D eigenvalue weighted by molar-refractivity contribution is 5.62. The molecule has 0 aliphatic heterocycles. The minimum atomic E-state index is -0.452. The maximum Gasteiger partial charge on any atom is 0.347 e. The lowest BCUT2D eigenvalue weighted by molar-refractivity contribution is -0.384. The minimum Gasteiger partial charge on any atom is -0.383 e. The number of aromatic nitrogens is 2. The van der Waals surface area contributed by atoms with Crippen LogP contribution in [0.15, 0.2) is 35.4 Å². The molecule has 0 aliphatic rings. The van der Waals surface area contributed by atoms with Crippen LogP contribution in [0, 0.1) is 17.0 Å². The molecule has 0 bridgehead atoms. The summed E-state index contributed by atoms with van der Waals surface area (Å²) in [6, 6.07) is 4.83. The average molecular weight is 274 g/mol. The van der Waals surface area contributed by atoms with Gasteiger partial charge in [0, 0.05) is 25.5 Å². The molecule has 1 aromatic heterocycles. The molecule has 1 heterocycles. The van der Waals surface area contributed by atoms with E-state index in [1.807, 2.05) is 6.92 Å². The average Bonchev–Trinajstić information content (AvgIpc) is 2.42. The molecule has 104 valence electrons. The molecule has 0 fully saturated rings. The van der Waals surface area contributed by atoms with Gasteiger partial charge in [-0.1, -0.05) is 6.07 Å². The first-order valence-corrected chi connectivity index (χ1v) is 5.99. The molecule has 2 rings (SSSR count). The van der Waals surface area contributed by atoms with E-state index in [-0.39, 0.29) is 17.9 Å². The third-order valence-electron chi connectivity index (χ3n) is 2.86. The lowest BCUT2D eigenvalue weighted by Crippen LogP contribution is -2.22. The number of benzene rings is 1. The number of nitrogens with zero attached hydrogens (tertiary/aromatic N) is 3. The normalized spacial score (nSPS) is 10.3. The van der Waals surface area contributed by atoms with Crippen LogP contribution in [0.4, 0.5) is 11.4 Å². The van der Waals surface area contributed by atoms with Gasteiger partial charge < -0.3 is 5.32 Å². The van der Waals surface area contributed by atoms with Gasteiger partial charge in [0.1, 0.15) is 5.69 Å². The van der Waals surface area contributed by atoms with E-state index in [1.165, 1.54) is 16.8 Å². The van der Waals surface area contributed by atoms with Gasteiger partial charge in [-0.2, -0.15) is 0 Å². The van der Waals surface area contributed by atoms with Crippen molar-refractivity contribution in [1.82, 2.24) is 9.55 Å². The molecule has 1 N–H and O–H groups in total. The highest BCUT2D eigenvalue weighted by atomic mass is 16.6. The predicted molar refractivity (Wildman–Crippen MR) is 75.0 cm³/mol. The number of nitro benzene ring substituents is 1. The van der Waals surface area contributed by atoms with Crippen LogP contribution in [0.25, 0.3) is 0 Å². The Kier molecular flexibility index (Phi) is 3.79. The number of nitro groups is 1. The molecule has 0 atom stereocenters. The lowest BCUT2D eigenvalue weighted by Gasteiger charge is -2.08. The molecule has 7 heteroatoms. The highest BCUT2D eigenvalue weighted by Gasteiger charge is 2.13. The Bertz CT molecular complexity index is 709. The molecule has 1 aromatic carbocycles. The third-order valence-corrected chi connectivity index (χ3v) is 2.86. The van der Waals surface area contributed by atoms with Gasteiger partial charge in [0.25, 0.3) is 5.69 Å². The molecule has 0 radical (unpaired) electrons. The summed E-state index contributed by atoms with van der Waals surface area (Å²) in [7, 11) is 1.62. The Morgan fingerprint density at radius 3 is 2.85 bits per heavy atom. The van der Waals surface area contributed by atoms with Gasteiger partial charge in [0.15, 0.2) is 0 Å². The van der Waals surface area contributed by atoms with Crippen molar-refractivity contribution >= 4 is 11.4 Å². The topological polar surface area (TPSA) is 90.1 Å². The van der Waals surface area contributed by atoms with Gasteiger partial charge >= 0.3 is 5.69 Å². The second kappa shape index (κ2) is 5.52. The molecule has 0 saturated carbocycles. The molecular formula is C13H14N4O3. The molecule has 20 heavy (non-hydrogen) atoms. The van der Waals surface area contributed by atoms with Crippen LogP contribution in [0.5, 0.6) is 0 Å². The Balaban J connectivity index is 2.39. The molecule has 0 amide bonds. The van der Waals surface area contributed by atoms with Crippen LogP contribution in [-0.2, 0) is 6.54 Å². The first-order chi connectivity index (χ1) is 9.51. The Hall–Kier alpha value is -2.70. The molecular weight excluding hydrogens is 260 g/mol. The summed E-state index contributed by atoms with van der Waals surface area (Å²) in [5.74, 6) is 0. The van der Waals surface area contributed by atoms with E-state index in [2.05, 4.69) is 10.3 Å². The van der Waals surface area contributed by atoms with Crippen LogP contribution in [-0.4, -0.2) is 21.5 Å². The summed E-state index contributed by atoms with van der Waals surface area (Å²) >= 11 is 0. The van der Waals surface area contributed by atoms with Crippen LogP contribution >= 0.6 is 0 Å². The standard InChI is InChI=1S/C13H14N4O3/c1-9-6-15-13(18)16(7-9)8-10-3-4-11(14-2)12(5-10)17(19)20/h3-7,14H,8H2,1-2H3. The van der Waals surface area contributed by atoms with Crippen molar-refractivity contribution < 1.29 is 4.92 Å². The monoisotopic (exact) mass is 274 g/mol. The van der Waals surface area contributed by atoms with Gasteiger partial charge in [-0.25, -0.2) is 9.78 Å². The number of anilines is 1. The molecule has 0 aliphatic carbocycles. The zero-order valence-corrected chi connectivity index (χ0v) is 11.2. The third kappa shape index (κ3) is 2.82. The molecule has 0 spiro atoms. The van der Waals surface area contributed by atoms with E-state index in [0.717, 1.165) is 5.56 Å². The Labute approximate surface area is 115 Å². The smallest absolute Gasteiger partial charge is 0.347 e. The van der Waals surface area contributed by atoms with Gasteiger partial charge in [-0.15, -0.1) is 0 Å². The van der Waals surface area contributed by atoms with Crippen molar-refractivity contribution in [3.05, 3.63) is 62.3 Å². The number of nitrogens with one attached hydrogen (secondary N) is 1. The van der Waals surface area contributed by atoms with Gasteiger partial charge in [-0.05, 0) is 24.1 Å². The van der Waals surface area contributed by atoms with Gasteiger partial charge in [0.2, 0.25) is 0 Å². The highest BCUT2D eigenvalue weighted by Crippen LogP contribution is 2.25. The fourth-order valence-electron chi connectivity index (χ4n) is 1.91. The summed E-state index contributed by atoms with van der Waals surface area (Å²) in [5.41, 5.74) is 1.57. The van der Waals surface area contributed by atoms with Crippen molar-refractivity contribution in [3.8, 4) is 0 Å². The number of aryl methyl sites for hydroxylation is 1. The van der Waals surface area contributed by atoms with E-state index < -0.39 is 4.92 Å². The number of hydrogen-bond donors (Lipinski definition) is 1. The summed E-state index contributed by atoms with van der Waals surface area (Å²) in [5, 5.41) is 13.8. The number of hydrogen-bond acceptors (Lipinski definition) is 5. The Morgan fingerprint density at radius 1 is 1.45 bits per heavy atom. The van der Waals surface area contributed by atoms with E-state index >= 15 is 0 Å². The number of rotatable bonds is 4. The maximum absolute atomic E-state index is 11.6. The molecule has 0 saturated heterocycles. The Morgan fingerprint density at radius 2 is 2.20 bits per heavy atom. The van der Waals surface area contributed by atoms with E-state index in [9.17, 15) is 14.9 Å². The van der Waals surface area contributed by atoms with Crippen LogP contribution < -0.4 is 11.0 Å². The molecule has 0 unspecified atom stereocenters. The van der Waals surface area contributed by atoms with Crippen molar-refractivity contribution in [2.45, 2.75) is 13.5 Å². The zero-order chi connectivity index (χ0) is 14.7. The summed E-state index contributed by atoms with van der Waals surface area (Å²) in [6.07, 6.45) is 3.17. The van der Waals surface area contributed by atoms with E-state index in [0.29, 0.717) is 11.3 Å². The van der Waals surface area contributed by atoms with Crippen LogP contribution in [0.2, 0.25) is 0 Å². The summed E-state index contributed by atoms with van der Waals surface area (Å²) in [4.78, 5) is 25.9. The van der Waals surface area contributed by atoms with E-state index in [1.54, 1.807) is 25.4 Å². The minimum absolute atomic E-state index is 0.0151. The van der Waals surface area contributed by atoms with Gasteiger partial charge in [0.05, 0.1) is 11.5 Å². The van der Waals surface area contributed by atoms with Crippen molar-refractivity contribution in [2.24, 2.45) is 0 Å². The fourth-order valence-corrected chi connectivity index (χ4v) is 1.91. The van der Waals surface area contributed by atoms with Crippen molar-refractivity contribution in [2.75, 3.05) is 12.4 Å². The largest absolute Gasteiger partial charge is 0.383 e. The van der Waals surface area contributed by atoms with Gasteiger partial charge in [-0.3, -0.25) is 14.7 Å². The van der Waals surface area contributed by atoms with Crippen molar-refractivity contribution in [3.63, 3.8) is 0 Å². The quantitative estimate of drug-likeness (QED) is 0.674. The molecule has 2 aromatic rings. The maximum atomic E-state index is 11.6. The van der Waals surface area contributed by atoms with Crippen molar-refractivity contribution in [1.29, 1.82) is 0 Å². The van der Waals surface area contributed by atoms with E-state index in [4.69, 9.17) is 0 Å². The fraction of sp³-hybridized carbons (Fsp3) is 0.231. The first kappa shape index (κ1) is 13.7.